The first-order valence-corrected chi connectivity index (χ1v) is 2.75. The van der Waals surface area contributed by atoms with Gasteiger partial charge in [0.25, 0.3) is 0 Å². The molecule has 0 amide bonds. The van der Waals surface area contributed by atoms with Crippen LogP contribution in [0.1, 0.15) is 13.8 Å². The number of rotatable bonds is 2. The summed E-state index contributed by atoms with van der Waals surface area (Å²) in [6, 6.07) is 0. The van der Waals surface area contributed by atoms with Crippen LogP contribution in [-0.4, -0.2) is 19.0 Å². The Kier molecular flexibility index (Phi) is 3.79. The Balaban J connectivity index is 3.27. The second kappa shape index (κ2) is 4.14. The number of carbonyl (C=O) groups excluding carboxylic acids is 1. The van der Waals surface area contributed by atoms with Gasteiger partial charge in [-0.15, -0.1) is 0 Å². The first-order valence-electron chi connectivity index (χ1n) is 2.75. The van der Waals surface area contributed by atoms with Crippen molar-refractivity contribution in [3.05, 3.63) is 0 Å². The molecular formula is C5H11NO3. The maximum Gasteiger partial charge on any atom is 0.509 e. The molecule has 0 aliphatic carbocycles. The van der Waals surface area contributed by atoms with Gasteiger partial charge in [0.1, 0.15) is 0 Å². The highest BCUT2D eigenvalue weighted by molar-refractivity contribution is 5.59. The molecule has 0 fully saturated rings. The van der Waals surface area contributed by atoms with Gasteiger partial charge in [0.15, 0.2) is 6.23 Å². The molecule has 0 saturated heterocycles. The SMILES string of the molecule is CCOC(=O)OC(C)N. The van der Waals surface area contributed by atoms with Crippen molar-refractivity contribution in [2.45, 2.75) is 20.1 Å². The van der Waals surface area contributed by atoms with E-state index in [9.17, 15) is 4.79 Å². The first-order chi connectivity index (χ1) is 4.16. The maximum absolute atomic E-state index is 10.3. The van der Waals surface area contributed by atoms with Crippen LogP contribution >= 0.6 is 0 Å². The van der Waals surface area contributed by atoms with Crippen LogP contribution < -0.4 is 5.73 Å². The molecule has 0 saturated carbocycles. The van der Waals surface area contributed by atoms with Gasteiger partial charge in [-0.1, -0.05) is 0 Å². The Bertz CT molecular complexity index is 92.2. The van der Waals surface area contributed by atoms with Crippen LogP contribution in [0.25, 0.3) is 0 Å². The molecule has 4 nitrogen and oxygen atoms in total. The lowest BCUT2D eigenvalue weighted by molar-refractivity contribution is 0.0343. The van der Waals surface area contributed by atoms with E-state index in [0.29, 0.717) is 6.61 Å². The summed E-state index contributed by atoms with van der Waals surface area (Å²) in [5.41, 5.74) is 5.10. The van der Waals surface area contributed by atoms with Gasteiger partial charge in [0, 0.05) is 0 Å². The number of ether oxygens (including phenoxy) is 2. The van der Waals surface area contributed by atoms with Crippen molar-refractivity contribution in [1.29, 1.82) is 0 Å². The Morgan fingerprint density at radius 3 is 2.67 bits per heavy atom. The highest BCUT2D eigenvalue weighted by atomic mass is 16.7. The van der Waals surface area contributed by atoms with Crippen molar-refractivity contribution in [2.24, 2.45) is 5.73 Å². The minimum atomic E-state index is -0.715. The Hall–Kier alpha value is -0.770. The molecule has 0 spiro atoms. The third kappa shape index (κ3) is 5.10. The molecule has 0 radical (unpaired) electrons. The topological polar surface area (TPSA) is 61.5 Å². The zero-order valence-electron chi connectivity index (χ0n) is 5.59. The Labute approximate surface area is 53.9 Å². The number of nitrogens with two attached hydrogens (primary N) is 1. The molecule has 0 aromatic heterocycles. The molecule has 0 heterocycles. The van der Waals surface area contributed by atoms with Crippen molar-refractivity contribution in [3.8, 4) is 0 Å². The van der Waals surface area contributed by atoms with Crippen molar-refractivity contribution in [2.75, 3.05) is 6.61 Å². The zero-order valence-corrected chi connectivity index (χ0v) is 5.59. The van der Waals surface area contributed by atoms with Gasteiger partial charge < -0.3 is 9.47 Å². The van der Waals surface area contributed by atoms with Gasteiger partial charge in [-0.3, -0.25) is 5.73 Å². The van der Waals surface area contributed by atoms with E-state index in [2.05, 4.69) is 9.47 Å². The van der Waals surface area contributed by atoms with E-state index < -0.39 is 12.4 Å². The summed E-state index contributed by atoms with van der Waals surface area (Å²) in [5, 5.41) is 0. The summed E-state index contributed by atoms with van der Waals surface area (Å²) in [7, 11) is 0. The summed E-state index contributed by atoms with van der Waals surface area (Å²) in [4.78, 5) is 10.3. The molecule has 0 aliphatic rings. The standard InChI is InChI=1S/C5H11NO3/c1-3-8-5(7)9-4(2)6/h4H,3,6H2,1-2H3. The quantitative estimate of drug-likeness (QED) is 0.439. The predicted octanol–water partition coefficient (Wildman–Crippen LogP) is 0.464. The van der Waals surface area contributed by atoms with E-state index in [1.165, 1.54) is 0 Å². The average molecular weight is 133 g/mol. The number of carbonyl (C=O) groups is 1. The third-order valence-corrected chi connectivity index (χ3v) is 0.544. The molecule has 1 atom stereocenters. The molecule has 0 aromatic carbocycles. The van der Waals surface area contributed by atoms with Gasteiger partial charge >= 0.3 is 6.16 Å². The summed E-state index contributed by atoms with van der Waals surface area (Å²) in [5.74, 6) is 0. The lowest BCUT2D eigenvalue weighted by atomic mass is 10.7. The van der Waals surface area contributed by atoms with E-state index in [0.717, 1.165) is 0 Å². The van der Waals surface area contributed by atoms with Crippen LogP contribution in [0.15, 0.2) is 0 Å². The minimum Gasteiger partial charge on any atom is -0.435 e. The van der Waals surface area contributed by atoms with E-state index >= 15 is 0 Å². The summed E-state index contributed by atoms with van der Waals surface area (Å²) in [6.45, 7) is 3.56. The van der Waals surface area contributed by atoms with Gasteiger partial charge in [-0.05, 0) is 13.8 Å². The molecule has 0 bridgehead atoms. The molecular weight excluding hydrogens is 122 g/mol. The Morgan fingerprint density at radius 1 is 1.78 bits per heavy atom. The monoisotopic (exact) mass is 133 g/mol. The van der Waals surface area contributed by atoms with Crippen molar-refractivity contribution >= 4 is 6.16 Å². The highest BCUT2D eigenvalue weighted by Gasteiger charge is 2.03. The lowest BCUT2D eigenvalue weighted by Gasteiger charge is -2.05. The number of hydrogen-bond donors (Lipinski definition) is 1. The minimum absolute atomic E-state index is 0.311. The second-order valence-corrected chi connectivity index (χ2v) is 1.51. The van der Waals surface area contributed by atoms with Crippen LogP contribution in [0.4, 0.5) is 4.79 Å². The summed E-state index contributed by atoms with van der Waals surface area (Å²) >= 11 is 0. The summed E-state index contributed by atoms with van der Waals surface area (Å²) < 4.78 is 8.82. The molecule has 0 rings (SSSR count). The molecule has 1 unspecified atom stereocenters. The van der Waals surface area contributed by atoms with Crippen LogP contribution in [0, 0.1) is 0 Å². The average Bonchev–Trinajstić information content (AvgIpc) is 1.63. The summed E-state index contributed by atoms with van der Waals surface area (Å²) in [6.07, 6.45) is -1.31. The third-order valence-electron chi connectivity index (χ3n) is 0.544. The van der Waals surface area contributed by atoms with Crippen LogP contribution in [0.5, 0.6) is 0 Å². The van der Waals surface area contributed by atoms with Crippen LogP contribution in [0.2, 0.25) is 0 Å². The normalized spacial score (nSPS) is 12.3. The highest BCUT2D eigenvalue weighted by Crippen LogP contribution is 1.86. The van der Waals surface area contributed by atoms with Crippen molar-refractivity contribution in [3.63, 3.8) is 0 Å². The molecule has 0 aromatic rings. The Morgan fingerprint density at radius 2 is 2.33 bits per heavy atom. The zero-order chi connectivity index (χ0) is 7.28. The molecule has 2 N–H and O–H groups in total. The molecule has 4 heteroatoms. The lowest BCUT2D eigenvalue weighted by Crippen LogP contribution is -2.23. The predicted molar refractivity (Wildman–Crippen MR) is 31.8 cm³/mol. The molecule has 54 valence electrons. The van der Waals surface area contributed by atoms with Crippen LogP contribution in [0.3, 0.4) is 0 Å². The van der Waals surface area contributed by atoms with E-state index in [4.69, 9.17) is 5.73 Å². The number of hydrogen-bond acceptors (Lipinski definition) is 4. The van der Waals surface area contributed by atoms with Gasteiger partial charge in [-0.25, -0.2) is 4.79 Å². The largest absolute Gasteiger partial charge is 0.509 e. The van der Waals surface area contributed by atoms with Crippen LogP contribution in [-0.2, 0) is 9.47 Å². The second-order valence-electron chi connectivity index (χ2n) is 1.51. The van der Waals surface area contributed by atoms with Crippen molar-refractivity contribution < 1.29 is 14.3 Å². The fourth-order valence-corrected chi connectivity index (χ4v) is 0.304. The van der Waals surface area contributed by atoms with Gasteiger partial charge in [0.05, 0.1) is 6.61 Å². The molecule has 0 aliphatic heterocycles. The smallest absolute Gasteiger partial charge is 0.435 e. The van der Waals surface area contributed by atoms with Gasteiger partial charge in [-0.2, -0.15) is 0 Å². The fourth-order valence-electron chi connectivity index (χ4n) is 0.304. The van der Waals surface area contributed by atoms with E-state index in [1.54, 1.807) is 13.8 Å². The molecule has 9 heavy (non-hydrogen) atoms. The fraction of sp³-hybridized carbons (Fsp3) is 0.800. The van der Waals surface area contributed by atoms with Gasteiger partial charge in [0.2, 0.25) is 0 Å². The maximum atomic E-state index is 10.3. The van der Waals surface area contributed by atoms with Crippen molar-refractivity contribution in [1.82, 2.24) is 0 Å². The van der Waals surface area contributed by atoms with E-state index in [-0.39, 0.29) is 0 Å². The first kappa shape index (κ1) is 8.23. The van der Waals surface area contributed by atoms with E-state index in [1.807, 2.05) is 0 Å².